The molecule has 2 atom stereocenters. The molecule has 0 radical (unpaired) electrons. The molecule has 0 bridgehead atoms. The molecule has 1 saturated carbocycles. The van der Waals surface area contributed by atoms with Crippen molar-refractivity contribution in [3.8, 4) is 5.88 Å². The first-order chi connectivity index (χ1) is 7.78. The highest BCUT2D eigenvalue weighted by molar-refractivity contribution is 5.35. The van der Waals surface area contributed by atoms with E-state index < -0.39 is 0 Å². The Labute approximate surface area is 97.0 Å². The van der Waals surface area contributed by atoms with Crippen molar-refractivity contribution in [3.63, 3.8) is 0 Å². The van der Waals surface area contributed by atoms with E-state index in [9.17, 15) is 0 Å². The number of pyridine rings is 1. The van der Waals surface area contributed by atoms with Gasteiger partial charge in [-0.25, -0.2) is 4.98 Å². The Balaban J connectivity index is 1.91. The van der Waals surface area contributed by atoms with Gasteiger partial charge in [0.15, 0.2) is 0 Å². The number of nitrogens with two attached hydrogens (primary N) is 1. The van der Waals surface area contributed by atoms with E-state index in [4.69, 9.17) is 10.5 Å². The average Bonchev–Trinajstić information content (AvgIpc) is 2.32. The van der Waals surface area contributed by atoms with E-state index in [0.717, 1.165) is 12.3 Å². The third kappa shape index (κ3) is 2.87. The zero-order chi connectivity index (χ0) is 11.4. The third-order valence-corrected chi connectivity index (χ3v) is 3.36. The Bertz CT molecular complexity index is 323. The minimum Gasteiger partial charge on any atom is -0.474 e. The van der Waals surface area contributed by atoms with Crippen molar-refractivity contribution in [1.82, 2.24) is 4.98 Å². The van der Waals surface area contributed by atoms with Gasteiger partial charge in [-0.05, 0) is 31.2 Å². The Kier molecular flexibility index (Phi) is 3.65. The molecule has 0 spiro atoms. The summed E-state index contributed by atoms with van der Waals surface area (Å²) in [7, 11) is 0. The standard InChI is InChI=1S/C13H20N2O/c1-2-10-4-3-5-12(8-10)16-13-7-6-11(14)9-15-13/h6-7,9-10,12H,2-5,8,14H2,1H3. The lowest BCUT2D eigenvalue weighted by Gasteiger charge is -2.28. The van der Waals surface area contributed by atoms with Crippen LogP contribution in [0.15, 0.2) is 18.3 Å². The SMILES string of the molecule is CCC1CCCC(Oc2ccc(N)cn2)C1. The molecule has 3 nitrogen and oxygen atoms in total. The van der Waals surface area contributed by atoms with Crippen molar-refractivity contribution in [2.45, 2.75) is 45.1 Å². The summed E-state index contributed by atoms with van der Waals surface area (Å²) in [6.45, 7) is 2.26. The van der Waals surface area contributed by atoms with Crippen molar-refractivity contribution in [2.75, 3.05) is 5.73 Å². The van der Waals surface area contributed by atoms with Crippen LogP contribution in [0.1, 0.15) is 39.0 Å². The van der Waals surface area contributed by atoms with Crippen molar-refractivity contribution >= 4 is 5.69 Å². The van der Waals surface area contributed by atoms with Gasteiger partial charge in [0.25, 0.3) is 0 Å². The molecule has 2 unspecified atom stereocenters. The van der Waals surface area contributed by atoms with Crippen LogP contribution < -0.4 is 10.5 Å². The number of nitrogens with zero attached hydrogens (tertiary/aromatic N) is 1. The summed E-state index contributed by atoms with van der Waals surface area (Å²) in [4.78, 5) is 4.18. The van der Waals surface area contributed by atoms with Crippen LogP contribution in [0, 0.1) is 5.92 Å². The summed E-state index contributed by atoms with van der Waals surface area (Å²) in [6, 6.07) is 3.69. The molecular weight excluding hydrogens is 200 g/mol. The monoisotopic (exact) mass is 220 g/mol. The van der Waals surface area contributed by atoms with Crippen LogP contribution in [0.2, 0.25) is 0 Å². The number of nitrogen functional groups attached to an aromatic ring is 1. The minimum absolute atomic E-state index is 0.342. The molecule has 88 valence electrons. The number of rotatable bonds is 3. The fraction of sp³-hybridized carbons (Fsp3) is 0.615. The van der Waals surface area contributed by atoms with Crippen LogP contribution in [0.25, 0.3) is 0 Å². The van der Waals surface area contributed by atoms with E-state index in [0.29, 0.717) is 17.7 Å². The van der Waals surface area contributed by atoms with Crippen molar-refractivity contribution in [3.05, 3.63) is 18.3 Å². The number of hydrogen-bond acceptors (Lipinski definition) is 3. The quantitative estimate of drug-likeness (QED) is 0.851. The molecule has 0 aromatic carbocycles. The normalized spacial score (nSPS) is 25.3. The van der Waals surface area contributed by atoms with E-state index in [1.807, 2.05) is 12.1 Å². The first-order valence-electron chi connectivity index (χ1n) is 6.16. The van der Waals surface area contributed by atoms with Gasteiger partial charge in [0, 0.05) is 6.07 Å². The van der Waals surface area contributed by atoms with Gasteiger partial charge in [-0.2, -0.15) is 0 Å². The molecule has 1 aliphatic carbocycles. The van der Waals surface area contributed by atoms with E-state index >= 15 is 0 Å². The predicted molar refractivity (Wildman–Crippen MR) is 65.3 cm³/mol. The average molecular weight is 220 g/mol. The summed E-state index contributed by atoms with van der Waals surface area (Å²) in [5, 5.41) is 0. The van der Waals surface area contributed by atoms with Gasteiger partial charge in [-0.3, -0.25) is 0 Å². The molecule has 2 N–H and O–H groups in total. The van der Waals surface area contributed by atoms with Gasteiger partial charge in [0.1, 0.15) is 6.10 Å². The Morgan fingerprint density at radius 1 is 1.44 bits per heavy atom. The van der Waals surface area contributed by atoms with Crippen LogP contribution in [0.4, 0.5) is 5.69 Å². The Hall–Kier alpha value is -1.25. The van der Waals surface area contributed by atoms with Crippen LogP contribution in [0.3, 0.4) is 0 Å². The molecule has 2 rings (SSSR count). The van der Waals surface area contributed by atoms with Gasteiger partial charge in [-0.15, -0.1) is 0 Å². The van der Waals surface area contributed by atoms with E-state index in [-0.39, 0.29) is 0 Å². The maximum absolute atomic E-state index is 5.88. The first-order valence-corrected chi connectivity index (χ1v) is 6.16. The summed E-state index contributed by atoms with van der Waals surface area (Å²) < 4.78 is 5.88. The maximum atomic E-state index is 5.88. The van der Waals surface area contributed by atoms with Gasteiger partial charge in [0.05, 0.1) is 11.9 Å². The predicted octanol–water partition coefficient (Wildman–Crippen LogP) is 3.01. The van der Waals surface area contributed by atoms with Crippen molar-refractivity contribution < 1.29 is 4.74 Å². The van der Waals surface area contributed by atoms with E-state index in [1.165, 1.54) is 25.7 Å². The first kappa shape index (κ1) is 11.2. The lowest BCUT2D eigenvalue weighted by Crippen LogP contribution is -2.25. The number of aromatic nitrogens is 1. The molecular formula is C13H20N2O. The zero-order valence-corrected chi connectivity index (χ0v) is 9.86. The number of ether oxygens (including phenoxy) is 1. The maximum Gasteiger partial charge on any atom is 0.213 e. The molecule has 1 aromatic heterocycles. The fourth-order valence-corrected chi connectivity index (χ4v) is 2.35. The molecule has 0 aliphatic heterocycles. The van der Waals surface area contributed by atoms with Gasteiger partial charge in [-0.1, -0.05) is 19.8 Å². The zero-order valence-electron chi connectivity index (χ0n) is 9.86. The molecule has 16 heavy (non-hydrogen) atoms. The second-order valence-electron chi connectivity index (χ2n) is 4.61. The highest BCUT2D eigenvalue weighted by Crippen LogP contribution is 2.29. The smallest absolute Gasteiger partial charge is 0.213 e. The van der Waals surface area contributed by atoms with Crippen molar-refractivity contribution in [1.29, 1.82) is 0 Å². The van der Waals surface area contributed by atoms with E-state index in [2.05, 4.69) is 11.9 Å². The van der Waals surface area contributed by atoms with E-state index in [1.54, 1.807) is 6.20 Å². The summed E-state index contributed by atoms with van der Waals surface area (Å²) in [6.07, 6.45) is 8.20. The van der Waals surface area contributed by atoms with Crippen molar-refractivity contribution in [2.24, 2.45) is 5.92 Å². The van der Waals surface area contributed by atoms with Crippen LogP contribution >= 0.6 is 0 Å². The lowest BCUT2D eigenvalue weighted by atomic mass is 9.85. The summed E-state index contributed by atoms with van der Waals surface area (Å²) in [5.41, 5.74) is 6.27. The van der Waals surface area contributed by atoms with Crippen LogP contribution in [0.5, 0.6) is 5.88 Å². The lowest BCUT2D eigenvalue weighted by molar-refractivity contribution is 0.117. The molecule has 0 saturated heterocycles. The molecule has 1 aromatic rings. The van der Waals surface area contributed by atoms with Gasteiger partial charge >= 0.3 is 0 Å². The van der Waals surface area contributed by atoms with Crippen LogP contribution in [-0.2, 0) is 0 Å². The molecule has 3 heteroatoms. The largest absolute Gasteiger partial charge is 0.474 e. The molecule has 0 amide bonds. The number of anilines is 1. The third-order valence-electron chi connectivity index (χ3n) is 3.36. The molecule has 1 heterocycles. The molecule has 1 fully saturated rings. The number of hydrogen-bond donors (Lipinski definition) is 1. The van der Waals surface area contributed by atoms with Gasteiger partial charge in [0.2, 0.25) is 5.88 Å². The minimum atomic E-state index is 0.342. The van der Waals surface area contributed by atoms with Crippen LogP contribution in [-0.4, -0.2) is 11.1 Å². The highest BCUT2D eigenvalue weighted by Gasteiger charge is 2.22. The highest BCUT2D eigenvalue weighted by atomic mass is 16.5. The second-order valence-corrected chi connectivity index (χ2v) is 4.61. The molecule has 1 aliphatic rings. The Morgan fingerprint density at radius 2 is 2.31 bits per heavy atom. The topological polar surface area (TPSA) is 48.1 Å². The summed E-state index contributed by atoms with van der Waals surface area (Å²) in [5.74, 6) is 1.53. The fourth-order valence-electron chi connectivity index (χ4n) is 2.35. The summed E-state index contributed by atoms with van der Waals surface area (Å²) >= 11 is 0. The second kappa shape index (κ2) is 5.19. The Morgan fingerprint density at radius 3 is 3.00 bits per heavy atom. The van der Waals surface area contributed by atoms with Gasteiger partial charge < -0.3 is 10.5 Å².